The highest BCUT2D eigenvalue weighted by Crippen LogP contribution is 2.52. The maximum Gasteiger partial charge on any atom is 0.333 e. The minimum Gasteiger partial charge on any atom is -0.507 e. The maximum absolute atomic E-state index is 13.2. The zero-order valence-electron chi connectivity index (χ0n) is 24.5. The summed E-state index contributed by atoms with van der Waals surface area (Å²) < 4.78 is 9.70. The van der Waals surface area contributed by atoms with Crippen molar-refractivity contribution in [3.63, 3.8) is 0 Å². The van der Waals surface area contributed by atoms with Gasteiger partial charge in [0.1, 0.15) is 17.2 Å². The lowest BCUT2D eigenvalue weighted by molar-refractivity contribution is -0.179. The van der Waals surface area contributed by atoms with Crippen molar-refractivity contribution in [3.05, 3.63) is 28.8 Å². The first kappa shape index (κ1) is 30.0. The topological polar surface area (TPSA) is 106 Å². The Morgan fingerprint density at radius 2 is 1.55 bits per heavy atom. The highest BCUT2D eigenvalue weighted by molar-refractivity contribution is 8.01. The molecule has 0 bridgehead atoms. The molecule has 3 rings (SSSR count). The van der Waals surface area contributed by atoms with Gasteiger partial charge in [-0.1, -0.05) is 41.5 Å². The van der Waals surface area contributed by atoms with Gasteiger partial charge in [-0.3, -0.25) is 14.6 Å². The number of ether oxygens (including phenoxy) is 2. The van der Waals surface area contributed by atoms with E-state index in [2.05, 4.69) is 4.99 Å². The first-order valence-electron chi connectivity index (χ1n) is 12.9. The number of amides is 1. The van der Waals surface area contributed by atoms with Crippen LogP contribution in [0.2, 0.25) is 0 Å². The first-order chi connectivity index (χ1) is 17.2. The summed E-state index contributed by atoms with van der Waals surface area (Å²) in [6.45, 7) is 20.7. The number of nitrogens with zero attached hydrogens (tertiary/aromatic N) is 2. The Morgan fingerprint density at radius 3 is 2.03 bits per heavy atom. The summed E-state index contributed by atoms with van der Waals surface area (Å²) in [6, 6.07) is 2.40. The van der Waals surface area contributed by atoms with Crippen molar-refractivity contribution in [2.75, 3.05) is 6.79 Å². The zero-order chi connectivity index (χ0) is 29.0. The number of esters is 2. The number of phenols is 1. The van der Waals surface area contributed by atoms with Gasteiger partial charge in [-0.05, 0) is 63.1 Å². The van der Waals surface area contributed by atoms with Gasteiger partial charge in [0.15, 0.2) is 6.04 Å². The van der Waals surface area contributed by atoms with E-state index in [4.69, 9.17) is 9.47 Å². The van der Waals surface area contributed by atoms with Crippen LogP contribution >= 0.6 is 11.8 Å². The molecule has 38 heavy (non-hydrogen) atoms. The lowest BCUT2D eigenvalue weighted by Crippen LogP contribution is -2.65. The third-order valence-electron chi connectivity index (χ3n) is 6.77. The Balaban J connectivity index is 1.78. The van der Waals surface area contributed by atoms with Gasteiger partial charge in [-0.15, -0.1) is 11.8 Å². The van der Waals surface area contributed by atoms with E-state index >= 15 is 0 Å². The van der Waals surface area contributed by atoms with Gasteiger partial charge in [0.25, 0.3) is 5.91 Å². The number of aliphatic imine (C=N–C) groups is 1. The van der Waals surface area contributed by atoms with Gasteiger partial charge in [-0.2, -0.15) is 0 Å². The van der Waals surface area contributed by atoms with Crippen LogP contribution in [0.3, 0.4) is 0 Å². The molecule has 1 amide bonds. The normalized spacial score (nSPS) is 23.3. The molecule has 9 heteroatoms. The predicted molar refractivity (Wildman–Crippen MR) is 149 cm³/mol. The highest BCUT2D eigenvalue weighted by Gasteiger charge is 2.64. The van der Waals surface area contributed by atoms with Crippen LogP contribution in [0, 0.1) is 5.41 Å². The first-order valence-corrected chi connectivity index (χ1v) is 13.8. The van der Waals surface area contributed by atoms with Crippen LogP contribution in [-0.2, 0) is 34.7 Å². The maximum atomic E-state index is 13.2. The highest BCUT2D eigenvalue weighted by atomic mass is 32.2. The van der Waals surface area contributed by atoms with Crippen molar-refractivity contribution in [2.45, 2.75) is 109 Å². The molecule has 0 aliphatic carbocycles. The molecule has 0 saturated carbocycles. The number of phenolic OH excluding ortho intramolecular Hbond substituents is 1. The molecule has 0 radical (unpaired) electrons. The van der Waals surface area contributed by atoms with E-state index in [0.29, 0.717) is 0 Å². The Labute approximate surface area is 230 Å². The van der Waals surface area contributed by atoms with E-state index in [1.54, 1.807) is 27.0 Å². The van der Waals surface area contributed by atoms with E-state index in [0.717, 1.165) is 16.7 Å². The summed E-state index contributed by atoms with van der Waals surface area (Å²) in [5.74, 6) is -1.04. The van der Waals surface area contributed by atoms with Crippen LogP contribution in [0.15, 0.2) is 17.1 Å². The number of rotatable bonds is 5. The van der Waals surface area contributed by atoms with Crippen molar-refractivity contribution >= 4 is 35.8 Å². The van der Waals surface area contributed by atoms with Gasteiger partial charge >= 0.3 is 11.9 Å². The number of thioether (sulfide) groups is 1. The fourth-order valence-corrected chi connectivity index (χ4v) is 6.20. The van der Waals surface area contributed by atoms with Crippen LogP contribution < -0.4 is 0 Å². The Morgan fingerprint density at radius 1 is 1.03 bits per heavy atom. The van der Waals surface area contributed by atoms with E-state index in [9.17, 15) is 19.5 Å². The largest absolute Gasteiger partial charge is 0.507 e. The van der Waals surface area contributed by atoms with Crippen molar-refractivity contribution in [1.29, 1.82) is 0 Å². The van der Waals surface area contributed by atoms with Gasteiger partial charge in [0.05, 0.1) is 5.41 Å². The molecule has 210 valence electrons. The molecule has 2 aliphatic rings. The molecule has 2 fully saturated rings. The number of carbonyl (C=O) groups is 3. The summed E-state index contributed by atoms with van der Waals surface area (Å²) in [7, 11) is 0. The number of hydrogen-bond acceptors (Lipinski definition) is 8. The average molecular weight is 547 g/mol. The summed E-state index contributed by atoms with van der Waals surface area (Å²) in [5, 5.41) is 10.7. The van der Waals surface area contributed by atoms with Crippen molar-refractivity contribution in [2.24, 2.45) is 10.4 Å². The molecule has 2 aliphatic heterocycles. The minimum atomic E-state index is -0.807. The molecule has 0 unspecified atom stereocenters. The smallest absolute Gasteiger partial charge is 0.333 e. The van der Waals surface area contributed by atoms with Crippen LogP contribution in [-0.4, -0.2) is 63.1 Å². The van der Waals surface area contributed by atoms with E-state index in [1.165, 1.54) is 16.7 Å². The van der Waals surface area contributed by atoms with Gasteiger partial charge in [0.2, 0.25) is 6.79 Å². The number of benzene rings is 1. The number of fused-ring (bicyclic) bond motifs is 1. The quantitative estimate of drug-likeness (QED) is 0.242. The minimum absolute atomic E-state index is 0.246. The summed E-state index contributed by atoms with van der Waals surface area (Å²) >= 11 is 1.51. The van der Waals surface area contributed by atoms with E-state index in [1.807, 2.05) is 67.5 Å². The Kier molecular flexibility index (Phi) is 7.80. The summed E-state index contributed by atoms with van der Waals surface area (Å²) in [6.07, 6.45) is 1.69. The third-order valence-corrected chi connectivity index (χ3v) is 8.33. The fraction of sp³-hybridized carbons (Fsp3) is 0.655. The van der Waals surface area contributed by atoms with Crippen molar-refractivity contribution < 1.29 is 29.0 Å². The van der Waals surface area contributed by atoms with Crippen LogP contribution in [0.5, 0.6) is 5.75 Å². The molecule has 3 atom stereocenters. The lowest BCUT2D eigenvalue weighted by atomic mass is 9.78. The average Bonchev–Trinajstić information content (AvgIpc) is 2.99. The van der Waals surface area contributed by atoms with Gasteiger partial charge < -0.3 is 19.5 Å². The molecule has 1 aromatic carbocycles. The second-order valence-corrected chi connectivity index (χ2v) is 15.5. The standard InChI is InChI=1S/C29H42N2O6S/c1-26(2,3)17-12-16(13-18(20(17)32)27(4,5)6)14-30-19-22(33)31-21(29(10,11)38-23(19)31)24(34)36-15-37-25(35)28(7,8)9/h12-14,19,21,23,32H,15H2,1-11H3/b30-14+/t19-,21+,23-/m1/s1. The monoisotopic (exact) mass is 546 g/mol. The fourth-order valence-electron chi connectivity index (χ4n) is 4.59. The number of aromatic hydroxyl groups is 1. The number of β-lactam (4-membered cyclic amide) rings is 1. The van der Waals surface area contributed by atoms with Crippen LogP contribution in [0.4, 0.5) is 0 Å². The van der Waals surface area contributed by atoms with Crippen molar-refractivity contribution in [3.8, 4) is 5.75 Å². The molecule has 1 N–H and O–H groups in total. The summed E-state index contributed by atoms with van der Waals surface area (Å²) in [5.41, 5.74) is 1.17. The number of hydrogen-bond donors (Lipinski definition) is 1. The zero-order valence-corrected chi connectivity index (χ0v) is 25.3. The molecular weight excluding hydrogens is 504 g/mol. The molecule has 2 saturated heterocycles. The predicted octanol–water partition coefficient (Wildman–Crippen LogP) is 4.93. The third kappa shape index (κ3) is 5.87. The second-order valence-electron chi connectivity index (χ2n) is 13.7. The molecule has 8 nitrogen and oxygen atoms in total. The number of carbonyl (C=O) groups excluding carboxylic acids is 3. The molecule has 2 heterocycles. The van der Waals surface area contributed by atoms with Gasteiger partial charge in [0, 0.05) is 22.1 Å². The SMILES string of the molecule is CC(C)(C)C(=O)OCOC(=O)[C@@H]1N2C(=O)[C@@H](/N=C/c3cc(C(C)(C)C)c(O)c(C(C)(C)C)c3)[C@H]2SC1(C)C. The molecule has 0 aromatic heterocycles. The lowest BCUT2D eigenvalue weighted by Gasteiger charge is -2.41. The van der Waals surface area contributed by atoms with Gasteiger partial charge in [-0.25, -0.2) is 4.79 Å². The summed E-state index contributed by atoms with van der Waals surface area (Å²) in [4.78, 5) is 44.2. The molecular formula is C29H42N2O6S. The van der Waals surface area contributed by atoms with E-state index < -0.39 is 41.0 Å². The Bertz CT molecular complexity index is 1120. The van der Waals surface area contributed by atoms with Crippen LogP contribution in [0.1, 0.15) is 92.9 Å². The second kappa shape index (κ2) is 9.88. The van der Waals surface area contributed by atoms with Crippen molar-refractivity contribution in [1.82, 2.24) is 4.90 Å². The molecule has 1 aromatic rings. The van der Waals surface area contributed by atoms with Crippen LogP contribution in [0.25, 0.3) is 0 Å². The molecule has 0 spiro atoms. The Hall–Kier alpha value is -2.55. The van der Waals surface area contributed by atoms with E-state index in [-0.39, 0.29) is 27.9 Å².